The van der Waals surface area contributed by atoms with Gasteiger partial charge in [-0.3, -0.25) is 9.59 Å². The van der Waals surface area contributed by atoms with Gasteiger partial charge in [-0.05, 0) is 30.2 Å². The lowest BCUT2D eigenvalue weighted by Crippen LogP contribution is -2.03. The number of Topliss-reactive ketones (excluding diaryl/α,β-unsaturated/α-hetero) is 1. The number of anilines is 1. The SMILES string of the molecule is CCCCCCCCC(=O)c1ccc2c(c1)CC(=O)N2. The first kappa shape index (κ1) is 14.8. The van der Waals surface area contributed by atoms with Crippen molar-refractivity contribution >= 4 is 17.4 Å². The molecule has 1 N–H and O–H groups in total. The molecule has 0 radical (unpaired) electrons. The van der Waals surface area contributed by atoms with Crippen LogP contribution in [0.3, 0.4) is 0 Å². The van der Waals surface area contributed by atoms with Gasteiger partial charge in [-0.1, -0.05) is 39.0 Å². The summed E-state index contributed by atoms with van der Waals surface area (Å²) >= 11 is 0. The van der Waals surface area contributed by atoms with Gasteiger partial charge in [0.15, 0.2) is 5.78 Å². The maximum atomic E-state index is 12.1. The van der Waals surface area contributed by atoms with E-state index in [4.69, 9.17) is 0 Å². The fourth-order valence-corrected chi connectivity index (χ4v) is 2.61. The standard InChI is InChI=1S/C17H23NO2/c1-2-3-4-5-6-7-8-16(19)13-9-10-15-14(11-13)12-17(20)18-15/h9-11H,2-8,12H2,1H3,(H,18,20). The summed E-state index contributed by atoms with van der Waals surface area (Å²) in [7, 11) is 0. The van der Waals surface area contributed by atoms with E-state index in [1.807, 2.05) is 18.2 Å². The molecule has 2 rings (SSSR count). The van der Waals surface area contributed by atoms with Gasteiger partial charge in [0.1, 0.15) is 0 Å². The second-order valence-electron chi connectivity index (χ2n) is 5.54. The largest absolute Gasteiger partial charge is 0.326 e. The molecule has 1 heterocycles. The first-order chi connectivity index (χ1) is 9.70. The van der Waals surface area contributed by atoms with E-state index >= 15 is 0 Å². The van der Waals surface area contributed by atoms with Crippen LogP contribution in [0, 0.1) is 0 Å². The van der Waals surface area contributed by atoms with E-state index in [0.717, 1.165) is 29.7 Å². The molecule has 0 saturated heterocycles. The Morgan fingerprint density at radius 1 is 1.15 bits per heavy atom. The van der Waals surface area contributed by atoms with Gasteiger partial charge in [-0.25, -0.2) is 0 Å². The number of hydrogen-bond acceptors (Lipinski definition) is 2. The molecule has 1 aliphatic heterocycles. The first-order valence-corrected chi connectivity index (χ1v) is 7.66. The van der Waals surface area contributed by atoms with Gasteiger partial charge in [0, 0.05) is 17.7 Å². The predicted molar refractivity (Wildman–Crippen MR) is 81.1 cm³/mol. The van der Waals surface area contributed by atoms with Crippen molar-refractivity contribution < 1.29 is 9.59 Å². The predicted octanol–water partition coefficient (Wildman–Crippen LogP) is 4.11. The van der Waals surface area contributed by atoms with E-state index in [1.54, 1.807) is 0 Å². The monoisotopic (exact) mass is 273 g/mol. The molecule has 0 atom stereocenters. The number of hydrogen-bond donors (Lipinski definition) is 1. The Labute approximate surface area is 120 Å². The quantitative estimate of drug-likeness (QED) is 0.572. The highest BCUT2D eigenvalue weighted by Crippen LogP contribution is 2.24. The number of carbonyl (C=O) groups excluding carboxylic acids is 2. The van der Waals surface area contributed by atoms with Crippen LogP contribution in [-0.2, 0) is 11.2 Å². The number of amides is 1. The Morgan fingerprint density at radius 2 is 1.90 bits per heavy atom. The number of ketones is 1. The fraction of sp³-hybridized carbons (Fsp3) is 0.529. The number of carbonyl (C=O) groups is 2. The zero-order valence-electron chi connectivity index (χ0n) is 12.2. The topological polar surface area (TPSA) is 46.2 Å². The van der Waals surface area contributed by atoms with Crippen molar-refractivity contribution in [2.75, 3.05) is 5.32 Å². The minimum absolute atomic E-state index is 0.0144. The zero-order valence-corrected chi connectivity index (χ0v) is 12.2. The van der Waals surface area contributed by atoms with E-state index in [-0.39, 0.29) is 11.7 Å². The highest BCUT2D eigenvalue weighted by Gasteiger charge is 2.18. The van der Waals surface area contributed by atoms with Crippen molar-refractivity contribution in [2.45, 2.75) is 58.3 Å². The van der Waals surface area contributed by atoms with E-state index in [9.17, 15) is 9.59 Å². The number of nitrogens with one attached hydrogen (secondary N) is 1. The molecule has 3 heteroatoms. The summed E-state index contributed by atoms with van der Waals surface area (Å²) in [5.74, 6) is 0.211. The third kappa shape index (κ3) is 3.92. The molecule has 20 heavy (non-hydrogen) atoms. The van der Waals surface area contributed by atoms with E-state index in [0.29, 0.717) is 12.8 Å². The molecule has 1 aliphatic rings. The maximum absolute atomic E-state index is 12.1. The molecule has 0 aromatic heterocycles. The summed E-state index contributed by atoms with van der Waals surface area (Å²) in [4.78, 5) is 23.4. The molecule has 0 fully saturated rings. The molecule has 1 amide bonds. The number of fused-ring (bicyclic) bond motifs is 1. The van der Waals surface area contributed by atoms with Gasteiger partial charge in [0.05, 0.1) is 6.42 Å². The molecule has 3 nitrogen and oxygen atoms in total. The van der Waals surface area contributed by atoms with E-state index < -0.39 is 0 Å². The third-order valence-electron chi connectivity index (χ3n) is 3.81. The molecule has 0 bridgehead atoms. The Kier molecular flexibility index (Phi) is 5.33. The molecule has 108 valence electrons. The second-order valence-corrected chi connectivity index (χ2v) is 5.54. The van der Waals surface area contributed by atoms with Gasteiger partial charge < -0.3 is 5.32 Å². The summed E-state index contributed by atoms with van der Waals surface area (Å²) in [6.45, 7) is 2.21. The molecule has 0 unspecified atom stereocenters. The Balaban J connectivity index is 1.79. The number of benzene rings is 1. The van der Waals surface area contributed by atoms with Crippen LogP contribution in [0.15, 0.2) is 18.2 Å². The molecule has 0 saturated carbocycles. The van der Waals surface area contributed by atoms with Crippen LogP contribution < -0.4 is 5.32 Å². The van der Waals surface area contributed by atoms with E-state index in [1.165, 1.54) is 25.7 Å². The average molecular weight is 273 g/mol. The normalized spacial score (nSPS) is 13.2. The van der Waals surface area contributed by atoms with Gasteiger partial charge in [-0.15, -0.1) is 0 Å². The highest BCUT2D eigenvalue weighted by molar-refractivity contribution is 6.02. The van der Waals surface area contributed by atoms with Crippen molar-refractivity contribution in [1.82, 2.24) is 0 Å². The second kappa shape index (κ2) is 7.22. The zero-order chi connectivity index (χ0) is 14.4. The molecule has 1 aromatic rings. The molecular weight excluding hydrogens is 250 g/mol. The van der Waals surface area contributed by atoms with Gasteiger partial charge in [0.25, 0.3) is 0 Å². The third-order valence-corrected chi connectivity index (χ3v) is 3.81. The molecule has 0 spiro atoms. The molecular formula is C17H23NO2. The summed E-state index contributed by atoms with van der Waals surface area (Å²) < 4.78 is 0. The van der Waals surface area contributed by atoms with Crippen molar-refractivity contribution in [3.8, 4) is 0 Å². The van der Waals surface area contributed by atoms with Crippen LogP contribution in [0.5, 0.6) is 0 Å². The summed E-state index contributed by atoms with van der Waals surface area (Å²) in [6, 6.07) is 5.53. The van der Waals surface area contributed by atoms with Crippen LogP contribution in [0.2, 0.25) is 0 Å². The lowest BCUT2D eigenvalue weighted by molar-refractivity contribution is -0.115. The first-order valence-electron chi connectivity index (χ1n) is 7.66. The fourth-order valence-electron chi connectivity index (χ4n) is 2.61. The smallest absolute Gasteiger partial charge is 0.228 e. The molecule has 0 aliphatic carbocycles. The Morgan fingerprint density at radius 3 is 2.70 bits per heavy atom. The van der Waals surface area contributed by atoms with Gasteiger partial charge in [-0.2, -0.15) is 0 Å². The Bertz CT molecular complexity index is 494. The summed E-state index contributed by atoms with van der Waals surface area (Å²) in [5.41, 5.74) is 2.55. The van der Waals surface area contributed by atoms with Gasteiger partial charge >= 0.3 is 0 Å². The van der Waals surface area contributed by atoms with Crippen LogP contribution >= 0.6 is 0 Å². The van der Waals surface area contributed by atoms with E-state index in [2.05, 4.69) is 12.2 Å². The Hall–Kier alpha value is -1.64. The summed E-state index contributed by atoms with van der Waals surface area (Å²) in [5, 5.41) is 2.79. The van der Waals surface area contributed by atoms with Gasteiger partial charge in [0.2, 0.25) is 5.91 Å². The van der Waals surface area contributed by atoms with Crippen molar-refractivity contribution in [2.24, 2.45) is 0 Å². The van der Waals surface area contributed by atoms with Crippen molar-refractivity contribution in [3.63, 3.8) is 0 Å². The van der Waals surface area contributed by atoms with Crippen LogP contribution in [-0.4, -0.2) is 11.7 Å². The maximum Gasteiger partial charge on any atom is 0.228 e. The number of rotatable bonds is 8. The lowest BCUT2D eigenvalue weighted by Gasteiger charge is -2.04. The minimum Gasteiger partial charge on any atom is -0.326 e. The molecule has 1 aromatic carbocycles. The average Bonchev–Trinajstić information content (AvgIpc) is 2.81. The van der Waals surface area contributed by atoms with Crippen LogP contribution in [0.1, 0.15) is 67.8 Å². The minimum atomic E-state index is 0.0144. The highest BCUT2D eigenvalue weighted by atomic mass is 16.1. The summed E-state index contributed by atoms with van der Waals surface area (Å²) in [6.07, 6.45) is 8.16. The van der Waals surface area contributed by atoms with Crippen molar-refractivity contribution in [1.29, 1.82) is 0 Å². The van der Waals surface area contributed by atoms with Crippen LogP contribution in [0.4, 0.5) is 5.69 Å². The number of unbranched alkanes of at least 4 members (excludes halogenated alkanes) is 5. The van der Waals surface area contributed by atoms with Crippen LogP contribution in [0.25, 0.3) is 0 Å². The lowest BCUT2D eigenvalue weighted by atomic mass is 10.0. The van der Waals surface area contributed by atoms with Crippen molar-refractivity contribution in [3.05, 3.63) is 29.3 Å².